The molecule has 208 valence electrons. The average molecular weight is 541 g/mol. The second kappa shape index (κ2) is 13.2. The molecule has 1 fully saturated rings. The fourth-order valence-corrected chi connectivity index (χ4v) is 5.53. The lowest BCUT2D eigenvalue weighted by molar-refractivity contribution is -0.124. The first kappa shape index (κ1) is 27.4. The Balaban J connectivity index is 1.34. The largest absolute Gasteiger partial charge is 0.508 e. The van der Waals surface area contributed by atoms with E-state index in [4.69, 9.17) is 4.42 Å². The summed E-state index contributed by atoms with van der Waals surface area (Å²) in [7, 11) is 0. The summed E-state index contributed by atoms with van der Waals surface area (Å²) >= 11 is 0. The van der Waals surface area contributed by atoms with Crippen molar-refractivity contribution in [1.29, 1.82) is 0 Å². The van der Waals surface area contributed by atoms with Gasteiger partial charge in [-0.1, -0.05) is 62.4 Å². The van der Waals surface area contributed by atoms with Gasteiger partial charge >= 0.3 is 0 Å². The van der Waals surface area contributed by atoms with Gasteiger partial charge in [0.2, 0.25) is 5.91 Å². The lowest BCUT2D eigenvalue weighted by Gasteiger charge is -2.28. The van der Waals surface area contributed by atoms with Crippen molar-refractivity contribution in [2.45, 2.75) is 69.9 Å². The number of aromatic nitrogens is 2. The normalized spacial score (nSPS) is 15.4. The Morgan fingerprint density at radius 2 is 1.70 bits per heavy atom. The van der Waals surface area contributed by atoms with Crippen LogP contribution >= 0.6 is 0 Å². The van der Waals surface area contributed by atoms with Gasteiger partial charge in [-0.2, -0.15) is 0 Å². The molecular formula is C32H36N4O4. The number of amides is 2. The molecule has 0 saturated heterocycles. The second-order valence-corrected chi connectivity index (χ2v) is 10.7. The van der Waals surface area contributed by atoms with Gasteiger partial charge in [0.25, 0.3) is 5.91 Å². The van der Waals surface area contributed by atoms with E-state index in [0.717, 1.165) is 36.8 Å². The molecule has 0 radical (unpaired) electrons. The van der Waals surface area contributed by atoms with E-state index in [0.29, 0.717) is 48.6 Å². The van der Waals surface area contributed by atoms with E-state index in [9.17, 15) is 14.7 Å². The molecule has 8 nitrogen and oxygen atoms in total. The molecule has 2 aromatic heterocycles. The summed E-state index contributed by atoms with van der Waals surface area (Å²) in [6, 6.07) is 17.1. The van der Waals surface area contributed by atoms with Gasteiger partial charge in [-0.25, -0.2) is 4.98 Å². The zero-order chi connectivity index (χ0) is 27.7. The number of fused-ring (bicyclic) bond motifs is 1. The summed E-state index contributed by atoms with van der Waals surface area (Å²) in [6.07, 6.45) is 10.9. The van der Waals surface area contributed by atoms with Gasteiger partial charge in [-0.15, -0.1) is 0 Å². The number of aromatic hydroxyl groups is 1. The minimum absolute atomic E-state index is 0.216. The fourth-order valence-electron chi connectivity index (χ4n) is 5.53. The molecule has 0 aliphatic heterocycles. The van der Waals surface area contributed by atoms with E-state index >= 15 is 0 Å². The molecule has 5 rings (SSSR count). The van der Waals surface area contributed by atoms with E-state index in [1.165, 1.54) is 6.42 Å². The van der Waals surface area contributed by atoms with Crippen molar-refractivity contribution in [3.8, 4) is 5.75 Å². The molecule has 2 heterocycles. The van der Waals surface area contributed by atoms with Crippen LogP contribution in [0.5, 0.6) is 5.75 Å². The van der Waals surface area contributed by atoms with Crippen LogP contribution in [0.1, 0.15) is 66.8 Å². The van der Waals surface area contributed by atoms with Crippen molar-refractivity contribution in [2.24, 2.45) is 5.92 Å². The number of para-hydroxylation sites is 3. The Morgan fingerprint density at radius 1 is 0.950 bits per heavy atom. The number of nitrogens with zero attached hydrogens (tertiary/aromatic N) is 2. The molecule has 2 aromatic carbocycles. The molecule has 40 heavy (non-hydrogen) atoms. The number of carbonyl (C=O) groups is 2. The van der Waals surface area contributed by atoms with E-state index in [-0.39, 0.29) is 23.6 Å². The van der Waals surface area contributed by atoms with Crippen LogP contribution in [-0.4, -0.2) is 39.0 Å². The summed E-state index contributed by atoms with van der Waals surface area (Å²) < 4.78 is 5.97. The first-order chi connectivity index (χ1) is 19.5. The molecule has 1 aliphatic rings. The predicted octanol–water partition coefficient (Wildman–Crippen LogP) is 5.36. The standard InChI is InChI=1S/C32H36N4O4/c37-28-12-6-4-10-23(28)14-15-25(21-30-35-26-11-5-7-13-29(26)40-30)34-32(39)27(20-22-8-2-1-3-9-22)36-31(38)24-16-18-33-19-17-24/h4-7,10-13,16-19,22,25,27,37H,1-3,8-9,14-15,20-21H2,(H,34,39)(H,36,38)/t25?,27-/m0/s1. The Hall–Kier alpha value is -4.20. The van der Waals surface area contributed by atoms with Crippen LogP contribution in [0.15, 0.2) is 77.5 Å². The molecule has 4 aromatic rings. The smallest absolute Gasteiger partial charge is 0.252 e. The van der Waals surface area contributed by atoms with Crippen molar-refractivity contribution >= 4 is 22.9 Å². The summed E-state index contributed by atoms with van der Waals surface area (Å²) in [4.78, 5) is 35.5. The van der Waals surface area contributed by atoms with Crippen molar-refractivity contribution in [3.63, 3.8) is 0 Å². The highest BCUT2D eigenvalue weighted by atomic mass is 16.3. The number of nitrogens with one attached hydrogen (secondary N) is 2. The molecule has 0 bridgehead atoms. The van der Waals surface area contributed by atoms with Crippen LogP contribution in [0.25, 0.3) is 11.1 Å². The van der Waals surface area contributed by atoms with Crippen molar-refractivity contribution < 1.29 is 19.1 Å². The highest BCUT2D eigenvalue weighted by molar-refractivity contribution is 5.97. The monoisotopic (exact) mass is 540 g/mol. The first-order valence-corrected chi connectivity index (χ1v) is 14.2. The molecule has 0 spiro atoms. The number of oxazole rings is 1. The third-order valence-corrected chi connectivity index (χ3v) is 7.72. The van der Waals surface area contributed by atoms with Gasteiger partial charge in [-0.05, 0) is 61.1 Å². The minimum atomic E-state index is -0.667. The van der Waals surface area contributed by atoms with Gasteiger partial charge < -0.3 is 20.2 Å². The van der Waals surface area contributed by atoms with Gasteiger partial charge in [0.1, 0.15) is 17.3 Å². The van der Waals surface area contributed by atoms with Crippen molar-refractivity contribution in [2.75, 3.05) is 0 Å². The third kappa shape index (κ3) is 7.25. The molecule has 1 unspecified atom stereocenters. The number of hydrogen-bond acceptors (Lipinski definition) is 6. The third-order valence-electron chi connectivity index (χ3n) is 7.72. The lowest BCUT2D eigenvalue weighted by Crippen LogP contribution is -2.51. The van der Waals surface area contributed by atoms with Crippen LogP contribution in [0.4, 0.5) is 0 Å². The number of hydrogen-bond donors (Lipinski definition) is 3. The zero-order valence-corrected chi connectivity index (χ0v) is 22.6. The summed E-state index contributed by atoms with van der Waals surface area (Å²) in [5, 5.41) is 16.5. The van der Waals surface area contributed by atoms with Crippen LogP contribution in [0, 0.1) is 5.92 Å². The van der Waals surface area contributed by atoms with Crippen molar-refractivity contribution in [1.82, 2.24) is 20.6 Å². The van der Waals surface area contributed by atoms with E-state index in [1.54, 1.807) is 36.7 Å². The van der Waals surface area contributed by atoms with Crippen LogP contribution in [0.3, 0.4) is 0 Å². The molecular weight excluding hydrogens is 504 g/mol. The highest BCUT2D eigenvalue weighted by Gasteiger charge is 2.28. The fraction of sp³-hybridized carbons (Fsp3) is 0.375. The topological polar surface area (TPSA) is 117 Å². The predicted molar refractivity (Wildman–Crippen MR) is 153 cm³/mol. The maximum atomic E-state index is 13.8. The Labute approximate surface area is 234 Å². The molecule has 8 heteroatoms. The number of rotatable bonds is 11. The molecule has 2 atom stereocenters. The summed E-state index contributed by atoms with van der Waals surface area (Å²) in [5.41, 5.74) is 2.74. The van der Waals surface area contributed by atoms with Gasteiger partial charge in [0.05, 0.1) is 0 Å². The van der Waals surface area contributed by atoms with E-state index < -0.39 is 6.04 Å². The number of phenols is 1. The molecule has 3 N–H and O–H groups in total. The number of carbonyl (C=O) groups excluding carboxylic acids is 2. The molecule has 1 aliphatic carbocycles. The SMILES string of the molecule is O=C(N[C@@H](CC1CCCCC1)C(=O)NC(CCc1ccccc1O)Cc1nc2ccccc2o1)c1ccncc1. The summed E-state index contributed by atoms with van der Waals surface area (Å²) in [6.45, 7) is 0. The maximum absolute atomic E-state index is 13.8. The van der Waals surface area contributed by atoms with Gasteiger partial charge in [0, 0.05) is 30.4 Å². The van der Waals surface area contributed by atoms with Crippen LogP contribution < -0.4 is 10.6 Å². The van der Waals surface area contributed by atoms with E-state index in [2.05, 4.69) is 20.6 Å². The maximum Gasteiger partial charge on any atom is 0.252 e. The second-order valence-electron chi connectivity index (χ2n) is 10.7. The number of pyridine rings is 1. The van der Waals surface area contributed by atoms with Crippen molar-refractivity contribution in [3.05, 3.63) is 90.1 Å². The highest BCUT2D eigenvalue weighted by Crippen LogP contribution is 2.28. The Kier molecular flexibility index (Phi) is 9.06. The summed E-state index contributed by atoms with van der Waals surface area (Å²) in [5.74, 6) is 0.649. The molecule has 2 amide bonds. The van der Waals surface area contributed by atoms with E-state index in [1.807, 2.05) is 36.4 Å². The van der Waals surface area contributed by atoms with Gasteiger partial charge in [0.15, 0.2) is 11.5 Å². The quantitative estimate of drug-likeness (QED) is 0.236. The lowest BCUT2D eigenvalue weighted by atomic mass is 9.84. The number of aryl methyl sites for hydroxylation is 1. The number of phenolic OH excluding ortho intramolecular Hbond substituents is 1. The van der Waals surface area contributed by atoms with Gasteiger partial charge in [-0.3, -0.25) is 14.6 Å². The van der Waals surface area contributed by atoms with Crippen LogP contribution in [0.2, 0.25) is 0 Å². The number of benzene rings is 2. The first-order valence-electron chi connectivity index (χ1n) is 14.2. The van der Waals surface area contributed by atoms with Crippen LogP contribution in [-0.2, 0) is 17.6 Å². The Bertz CT molecular complexity index is 1380. The average Bonchev–Trinajstić information content (AvgIpc) is 3.39. The minimum Gasteiger partial charge on any atom is -0.508 e. The zero-order valence-electron chi connectivity index (χ0n) is 22.6. The molecule has 1 saturated carbocycles. The Morgan fingerprint density at radius 3 is 2.48 bits per heavy atom.